The summed E-state index contributed by atoms with van der Waals surface area (Å²) in [6, 6.07) is 0. The Bertz CT molecular complexity index is 125. The zero-order valence-electron chi connectivity index (χ0n) is 8.70. The highest BCUT2D eigenvalue weighted by Crippen LogP contribution is 2.05. The van der Waals surface area contributed by atoms with Crippen LogP contribution in [0.5, 0.6) is 0 Å². The van der Waals surface area contributed by atoms with E-state index in [1.165, 1.54) is 0 Å². The van der Waals surface area contributed by atoms with Gasteiger partial charge in [-0.05, 0) is 26.2 Å². The normalized spacial score (nSPS) is 9.08. The number of ether oxygens (including phenoxy) is 1. The summed E-state index contributed by atoms with van der Waals surface area (Å²) in [5, 5.41) is 0. The third-order valence-corrected chi connectivity index (χ3v) is 1.29. The van der Waals surface area contributed by atoms with Crippen molar-refractivity contribution >= 4 is 30.8 Å². The summed E-state index contributed by atoms with van der Waals surface area (Å²) in [7, 11) is 0. The van der Waals surface area contributed by atoms with Gasteiger partial charge in [0, 0.05) is 6.42 Å². The van der Waals surface area contributed by atoms with E-state index in [4.69, 9.17) is 4.74 Å². The Balaban J connectivity index is -0.000000500. The molecule has 0 aromatic carbocycles. The molecule has 0 heterocycles. The SMILES string of the molecule is CC(C)CCC(=O)OC(C)C.Cl.Cl. The lowest BCUT2D eigenvalue weighted by molar-refractivity contribution is -0.147. The number of carbonyl (C=O) groups excluding carboxylic acids is 1. The molecule has 0 rings (SSSR count). The van der Waals surface area contributed by atoms with Gasteiger partial charge in [-0.1, -0.05) is 13.8 Å². The van der Waals surface area contributed by atoms with Crippen LogP contribution < -0.4 is 0 Å². The summed E-state index contributed by atoms with van der Waals surface area (Å²) < 4.78 is 4.96. The lowest BCUT2D eigenvalue weighted by Gasteiger charge is -2.08. The lowest BCUT2D eigenvalue weighted by atomic mass is 10.1. The van der Waals surface area contributed by atoms with Gasteiger partial charge < -0.3 is 4.74 Å². The molecule has 0 radical (unpaired) electrons. The van der Waals surface area contributed by atoms with Gasteiger partial charge in [0.15, 0.2) is 0 Å². The van der Waals surface area contributed by atoms with Gasteiger partial charge in [-0.25, -0.2) is 0 Å². The van der Waals surface area contributed by atoms with E-state index in [1.54, 1.807) is 0 Å². The van der Waals surface area contributed by atoms with Gasteiger partial charge in [-0.2, -0.15) is 0 Å². The molecule has 0 amide bonds. The molecule has 0 aromatic rings. The summed E-state index contributed by atoms with van der Waals surface area (Å²) in [6.45, 7) is 7.94. The van der Waals surface area contributed by atoms with Crippen molar-refractivity contribution in [2.75, 3.05) is 0 Å². The van der Waals surface area contributed by atoms with Crippen molar-refractivity contribution in [3.63, 3.8) is 0 Å². The molecule has 2 nitrogen and oxygen atoms in total. The lowest BCUT2D eigenvalue weighted by Crippen LogP contribution is -2.11. The van der Waals surface area contributed by atoms with E-state index in [2.05, 4.69) is 13.8 Å². The molecule has 13 heavy (non-hydrogen) atoms. The summed E-state index contributed by atoms with van der Waals surface area (Å²) in [6.07, 6.45) is 1.50. The van der Waals surface area contributed by atoms with Crippen LogP contribution in [0.3, 0.4) is 0 Å². The molecule has 82 valence electrons. The first-order chi connectivity index (χ1) is 5.02. The van der Waals surface area contributed by atoms with Crippen LogP contribution in [-0.2, 0) is 9.53 Å². The van der Waals surface area contributed by atoms with E-state index in [-0.39, 0.29) is 36.9 Å². The second-order valence-corrected chi connectivity index (χ2v) is 3.47. The summed E-state index contributed by atoms with van der Waals surface area (Å²) in [5.74, 6) is 0.503. The van der Waals surface area contributed by atoms with Crippen molar-refractivity contribution in [3.8, 4) is 0 Å². The Morgan fingerprint density at radius 1 is 1.15 bits per heavy atom. The standard InChI is InChI=1S/C9H18O2.2ClH/c1-7(2)5-6-9(10)11-8(3)4;;/h7-8H,5-6H2,1-4H3;2*1H. The van der Waals surface area contributed by atoms with Crippen molar-refractivity contribution in [2.45, 2.75) is 46.6 Å². The van der Waals surface area contributed by atoms with Gasteiger partial charge in [0.25, 0.3) is 0 Å². The largest absolute Gasteiger partial charge is 0.463 e. The predicted octanol–water partition coefficient (Wildman–Crippen LogP) is 3.22. The zero-order valence-corrected chi connectivity index (χ0v) is 10.3. The molecule has 0 aliphatic rings. The number of esters is 1. The molecule has 0 N–H and O–H groups in total. The van der Waals surface area contributed by atoms with Gasteiger partial charge in [-0.15, -0.1) is 24.8 Å². The van der Waals surface area contributed by atoms with Gasteiger partial charge in [0.2, 0.25) is 0 Å². The molecule has 0 atom stereocenters. The van der Waals surface area contributed by atoms with Crippen molar-refractivity contribution in [3.05, 3.63) is 0 Å². The van der Waals surface area contributed by atoms with E-state index in [0.29, 0.717) is 12.3 Å². The van der Waals surface area contributed by atoms with Crippen LogP contribution in [0, 0.1) is 5.92 Å². The van der Waals surface area contributed by atoms with Crippen LogP contribution in [0.2, 0.25) is 0 Å². The van der Waals surface area contributed by atoms with Crippen LogP contribution in [0.15, 0.2) is 0 Å². The first kappa shape index (κ1) is 18.8. The first-order valence-corrected chi connectivity index (χ1v) is 4.22. The third-order valence-electron chi connectivity index (χ3n) is 1.29. The number of carbonyl (C=O) groups is 1. The van der Waals surface area contributed by atoms with E-state index in [9.17, 15) is 4.79 Å². The summed E-state index contributed by atoms with van der Waals surface area (Å²) in [4.78, 5) is 10.9. The van der Waals surface area contributed by atoms with Crippen LogP contribution in [-0.4, -0.2) is 12.1 Å². The molecule has 0 aliphatic heterocycles. The van der Waals surface area contributed by atoms with Crippen LogP contribution in [0.4, 0.5) is 0 Å². The predicted molar refractivity (Wildman–Crippen MR) is 59.8 cm³/mol. The second-order valence-electron chi connectivity index (χ2n) is 3.47. The number of hydrogen-bond donors (Lipinski definition) is 0. The monoisotopic (exact) mass is 230 g/mol. The van der Waals surface area contributed by atoms with Crippen molar-refractivity contribution in [2.24, 2.45) is 5.92 Å². The average Bonchev–Trinajstić information content (AvgIpc) is 1.82. The highest BCUT2D eigenvalue weighted by atomic mass is 35.5. The molecule has 0 aliphatic carbocycles. The van der Waals surface area contributed by atoms with Crippen molar-refractivity contribution < 1.29 is 9.53 Å². The van der Waals surface area contributed by atoms with Crippen LogP contribution in [0.1, 0.15) is 40.5 Å². The Kier molecular flexibility index (Phi) is 14.6. The van der Waals surface area contributed by atoms with E-state index >= 15 is 0 Å². The second kappa shape index (κ2) is 10.1. The Morgan fingerprint density at radius 3 is 1.92 bits per heavy atom. The minimum Gasteiger partial charge on any atom is -0.463 e. The number of halogens is 2. The summed E-state index contributed by atoms with van der Waals surface area (Å²) >= 11 is 0. The highest BCUT2D eigenvalue weighted by molar-refractivity contribution is 5.85. The molecule has 0 saturated heterocycles. The maximum absolute atomic E-state index is 10.9. The fourth-order valence-electron chi connectivity index (χ4n) is 0.728. The zero-order chi connectivity index (χ0) is 8.85. The molecular formula is C9H20Cl2O2. The molecule has 0 bridgehead atoms. The first-order valence-electron chi connectivity index (χ1n) is 4.22. The molecule has 0 unspecified atom stereocenters. The van der Waals surface area contributed by atoms with Gasteiger partial charge in [-0.3, -0.25) is 4.79 Å². The fourth-order valence-corrected chi connectivity index (χ4v) is 0.728. The van der Waals surface area contributed by atoms with Gasteiger partial charge in [0.1, 0.15) is 0 Å². The quantitative estimate of drug-likeness (QED) is 0.694. The molecule has 0 fully saturated rings. The topological polar surface area (TPSA) is 26.3 Å². The number of hydrogen-bond acceptors (Lipinski definition) is 2. The van der Waals surface area contributed by atoms with E-state index in [0.717, 1.165) is 6.42 Å². The van der Waals surface area contributed by atoms with E-state index in [1.807, 2.05) is 13.8 Å². The average molecular weight is 231 g/mol. The van der Waals surface area contributed by atoms with E-state index < -0.39 is 0 Å². The summed E-state index contributed by atoms with van der Waals surface area (Å²) in [5.41, 5.74) is 0. The van der Waals surface area contributed by atoms with Gasteiger partial charge in [0.05, 0.1) is 6.10 Å². The molecule has 0 spiro atoms. The maximum atomic E-state index is 10.9. The smallest absolute Gasteiger partial charge is 0.306 e. The fraction of sp³-hybridized carbons (Fsp3) is 0.889. The highest BCUT2D eigenvalue weighted by Gasteiger charge is 2.05. The third kappa shape index (κ3) is 14.9. The van der Waals surface area contributed by atoms with Crippen molar-refractivity contribution in [1.82, 2.24) is 0 Å². The van der Waals surface area contributed by atoms with Crippen LogP contribution >= 0.6 is 24.8 Å². The minimum absolute atomic E-state index is 0. The number of rotatable bonds is 4. The Hall–Kier alpha value is 0.0500. The van der Waals surface area contributed by atoms with Crippen LogP contribution in [0.25, 0.3) is 0 Å². The molecule has 4 heteroatoms. The molecule has 0 aromatic heterocycles. The molecule has 0 saturated carbocycles. The van der Waals surface area contributed by atoms with Gasteiger partial charge >= 0.3 is 5.97 Å². The maximum Gasteiger partial charge on any atom is 0.306 e. The Labute approximate surface area is 93.2 Å². The minimum atomic E-state index is -0.0753. The Morgan fingerprint density at radius 2 is 1.62 bits per heavy atom. The molecular weight excluding hydrogens is 211 g/mol. The van der Waals surface area contributed by atoms with Crippen molar-refractivity contribution in [1.29, 1.82) is 0 Å².